The summed E-state index contributed by atoms with van der Waals surface area (Å²) in [5.74, 6) is -7.92. The maximum atomic E-state index is 14.8. The van der Waals surface area contributed by atoms with Crippen LogP contribution in [-0.2, 0) is 28.5 Å². The Kier molecular flexibility index (Phi) is 9.12. The molecule has 0 heterocycles. The Morgan fingerprint density at radius 3 is 1.53 bits per heavy atom. The van der Waals surface area contributed by atoms with Gasteiger partial charge in [0.05, 0.1) is 0 Å². The lowest BCUT2D eigenvalue weighted by atomic mass is 9.89. The van der Waals surface area contributed by atoms with E-state index in [2.05, 4.69) is 32.1 Å². The number of carbonyl (C=O) groups is 2. The molecule has 0 saturated carbocycles. The number of hydrogen-bond acceptors (Lipinski definition) is 6. The lowest BCUT2D eigenvalue weighted by molar-refractivity contribution is -0.440. The molecule has 0 bridgehead atoms. The molecule has 186 valence electrons. The van der Waals surface area contributed by atoms with Gasteiger partial charge in [0.15, 0.2) is 12.3 Å². The first-order chi connectivity index (χ1) is 14.1. The van der Waals surface area contributed by atoms with E-state index in [0.29, 0.717) is 32.9 Å². The first-order valence-corrected chi connectivity index (χ1v) is 8.88. The van der Waals surface area contributed by atoms with Gasteiger partial charge in [-0.2, -0.15) is 26.3 Å². The van der Waals surface area contributed by atoms with Crippen LogP contribution >= 0.6 is 0 Å². The van der Waals surface area contributed by atoms with Crippen LogP contribution in [0.15, 0.2) is 25.3 Å². The minimum Gasteiger partial charge on any atom is -0.459 e. The molecule has 0 saturated heterocycles. The normalized spacial score (nSPS) is 15.5. The topological polar surface area (TPSA) is 71.1 Å². The molecule has 0 fully saturated rings. The second-order valence-corrected chi connectivity index (χ2v) is 7.77. The summed E-state index contributed by atoms with van der Waals surface area (Å²) < 4.78 is 117. The third kappa shape index (κ3) is 7.19. The lowest BCUT2D eigenvalue weighted by Gasteiger charge is -2.44. The second kappa shape index (κ2) is 9.77. The molecule has 32 heavy (non-hydrogen) atoms. The smallest absolute Gasteiger partial charge is 0.423 e. The molecule has 0 aliphatic rings. The van der Waals surface area contributed by atoms with Gasteiger partial charge in [-0.1, -0.05) is 13.2 Å². The molecule has 0 aromatic heterocycles. The van der Waals surface area contributed by atoms with Gasteiger partial charge in [-0.3, -0.25) is 0 Å². The van der Waals surface area contributed by atoms with Gasteiger partial charge in [-0.15, -0.1) is 0 Å². The van der Waals surface area contributed by atoms with Crippen LogP contribution in [0.25, 0.3) is 0 Å². The van der Waals surface area contributed by atoms with Gasteiger partial charge in [0.1, 0.15) is 17.8 Å². The number of hydrogen-bond donors (Lipinski definition) is 0. The minimum atomic E-state index is -5.55. The van der Waals surface area contributed by atoms with Crippen molar-refractivity contribution in [2.45, 2.75) is 69.6 Å². The zero-order valence-corrected chi connectivity index (χ0v) is 18.1. The summed E-state index contributed by atoms with van der Waals surface area (Å²) in [6, 6.07) is 0. The molecule has 0 aromatic carbocycles. The highest BCUT2D eigenvalue weighted by atomic mass is 19.3. The van der Waals surface area contributed by atoms with Crippen LogP contribution in [0.1, 0.15) is 34.6 Å². The molecular weight excluding hydrogens is 457 g/mol. The van der Waals surface area contributed by atoms with E-state index in [4.69, 9.17) is 0 Å². The summed E-state index contributed by atoms with van der Waals surface area (Å²) in [5, 5.41) is 0. The van der Waals surface area contributed by atoms with E-state index in [1.54, 1.807) is 0 Å². The highest BCUT2D eigenvalue weighted by Crippen LogP contribution is 2.49. The van der Waals surface area contributed by atoms with Crippen molar-refractivity contribution in [2.24, 2.45) is 0 Å². The van der Waals surface area contributed by atoms with Crippen LogP contribution < -0.4 is 0 Å². The van der Waals surface area contributed by atoms with E-state index in [1.807, 2.05) is 0 Å². The van der Waals surface area contributed by atoms with Crippen molar-refractivity contribution < 1.29 is 59.3 Å². The van der Waals surface area contributed by atoms with Crippen molar-refractivity contribution in [3.8, 4) is 0 Å². The van der Waals surface area contributed by atoms with E-state index in [-0.39, 0.29) is 13.8 Å². The molecule has 0 radical (unpaired) electrons. The fourth-order valence-corrected chi connectivity index (χ4v) is 1.96. The standard InChI is InChI=1S/C19H25F7O6/c1-8-12(27)29-10-16(7,20)14(3,4)32-19(25,26)18(23,24)15(5,6)31-17(21,22)11-30-13(28)9-2/h8-9H,1-2,10-11H2,3-7H3. The Bertz CT molecular complexity index is 717. The largest absolute Gasteiger partial charge is 0.459 e. The Hall–Kier alpha value is -2.15. The molecule has 6 nitrogen and oxygen atoms in total. The Morgan fingerprint density at radius 1 is 0.719 bits per heavy atom. The predicted molar refractivity (Wildman–Crippen MR) is 97.0 cm³/mol. The summed E-state index contributed by atoms with van der Waals surface area (Å²) in [5.41, 5.74) is -9.27. The van der Waals surface area contributed by atoms with E-state index >= 15 is 0 Å². The number of carbonyl (C=O) groups excluding carboxylic acids is 2. The minimum absolute atomic E-state index is 0.209. The molecule has 0 aliphatic carbocycles. The van der Waals surface area contributed by atoms with E-state index < -0.39 is 60.2 Å². The van der Waals surface area contributed by atoms with Crippen LogP contribution in [0.3, 0.4) is 0 Å². The zero-order valence-electron chi connectivity index (χ0n) is 18.1. The summed E-state index contributed by atoms with van der Waals surface area (Å²) in [4.78, 5) is 21.9. The third-order valence-electron chi connectivity index (χ3n) is 4.37. The number of alkyl halides is 7. The molecule has 0 aromatic rings. The quantitative estimate of drug-likeness (QED) is 0.217. The fourth-order valence-electron chi connectivity index (χ4n) is 1.96. The van der Waals surface area contributed by atoms with Crippen molar-refractivity contribution >= 4 is 11.9 Å². The van der Waals surface area contributed by atoms with E-state index in [9.17, 15) is 40.3 Å². The van der Waals surface area contributed by atoms with Gasteiger partial charge in [-0.25, -0.2) is 14.0 Å². The van der Waals surface area contributed by atoms with Crippen LogP contribution in [0, 0.1) is 0 Å². The number of esters is 2. The number of ether oxygens (including phenoxy) is 4. The van der Waals surface area contributed by atoms with E-state index in [1.165, 1.54) is 0 Å². The fraction of sp³-hybridized carbons (Fsp3) is 0.684. The Labute approximate surface area is 180 Å². The molecule has 0 N–H and O–H groups in total. The van der Waals surface area contributed by atoms with Gasteiger partial charge < -0.3 is 18.9 Å². The predicted octanol–water partition coefficient (Wildman–Crippen LogP) is 4.58. The number of rotatable bonds is 13. The first kappa shape index (κ1) is 29.9. The molecule has 0 spiro atoms. The highest BCUT2D eigenvalue weighted by Gasteiger charge is 2.71. The third-order valence-corrected chi connectivity index (χ3v) is 4.37. The Balaban J connectivity index is 5.67. The summed E-state index contributed by atoms with van der Waals surface area (Å²) in [6.45, 7) is 5.32. The molecule has 1 atom stereocenters. The van der Waals surface area contributed by atoms with Gasteiger partial charge in [0.25, 0.3) is 0 Å². The summed E-state index contributed by atoms with van der Waals surface area (Å²) in [6.07, 6.45) is -9.01. The zero-order chi connectivity index (χ0) is 25.8. The van der Waals surface area contributed by atoms with Crippen molar-refractivity contribution in [1.29, 1.82) is 0 Å². The SMILES string of the molecule is C=CC(=O)OCC(F)(F)OC(C)(C)C(F)(F)C(F)(F)OC(C)(C)C(C)(F)COC(=O)C=C. The average molecular weight is 482 g/mol. The maximum Gasteiger partial charge on any atom is 0.423 e. The summed E-state index contributed by atoms with van der Waals surface area (Å²) >= 11 is 0. The Morgan fingerprint density at radius 2 is 1.12 bits per heavy atom. The van der Waals surface area contributed by atoms with Crippen molar-refractivity contribution in [1.82, 2.24) is 0 Å². The summed E-state index contributed by atoms with van der Waals surface area (Å²) in [7, 11) is 0. The lowest BCUT2D eigenvalue weighted by Crippen LogP contribution is -2.64. The molecule has 0 aliphatic heterocycles. The maximum absolute atomic E-state index is 14.8. The molecule has 13 heteroatoms. The molecule has 0 amide bonds. The first-order valence-electron chi connectivity index (χ1n) is 8.88. The molecular formula is C19H25F7O6. The van der Waals surface area contributed by atoms with Crippen LogP contribution in [-0.4, -0.2) is 60.2 Å². The van der Waals surface area contributed by atoms with Crippen LogP contribution in [0.2, 0.25) is 0 Å². The molecule has 0 rings (SSSR count). The van der Waals surface area contributed by atoms with Gasteiger partial charge in [-0.05, 0) is 34.6 Å². The van der Waals surface area contributed by atoms with E-state index in [0.717, 1.165) is 0 Å². The highest BCUT2D eigenvalue weighted by molar-refractivity contribution is 5.81. The van der Waals surface area contributed by atoms with Crippen molar-refractivity contribution in [2.75, 3.05) is 13.2 Å². The van der Waals surface area contributed by atoms with Gasteiger partial charge in [0, 0.05) is 12.2 Å². The number of halogens is 7. The average Bonchev–Trinajstić information content (AvgIpc) is 2.62. The van der Waals surface area contributed by atoms with Crippen molar-refractivity contribution in [3.05, 3.63) is 25.3 Å². The second-order valence-electron chi connectivity index (χ2n) is 7.77. The monoisotopic (exact) mass is 482 g/mol. The van der Waals surface area contributed by atoms with Crippen LogP contribution in [0.4, 0.5) is 30.7 Å². The molecule has 1 unspecified atom stereocenters. The van der Waals surface area contributed by atoms with Crippen molar-refractivity contribution in [3.63, 3.8) is 0 Å². The van der Waals surface area contributed by atoms with Gasteiger partial charge >= 0.3 is 30.1 Å². The van der Waals surface area contributed by atoms with Gasteiger partial charge in [0.2, 0.25) is 0 Å². The van der Waals surface area contributed by atoms with Crippen LogP contribution in [0.5, 0.6) is 0 Å².